The number of amides is 1. The first-order chi connectivity index (χ1) is 14.0. The number of likely N-dealkylation sites (N-methyl/N-ethyl adjacent to an activating group) is 1. The Hall–Kier alpha value is -3.53. The highest BCUT2D eigenvalue weighted by Crippen LogP contribution is 2.17. The maximum atomic E-state index is 12.2. The molecule has 148 valence electrons. The number of carbonyl (C=O) groups excluding carboxylic acids is 1. The average molecular weight is 389 g/mol. The van der Waals surface area contributed by atoms with Gasteiger partial charge >= 0.3 is 0 Å². The minimum atomic E-state index is -0.345. The highest BCUT2D eigenvalue weighted by Gasteiger charge is 2.19. The summed E-state index contributed by atoms with van der Waals surface area (Å²) >= 11 is 0. The standard InChI is InChI=1S/C22H24BN3O3/c1-15-6-5-7-19(21(26-28-4)22(27)24-3)20(15)14-29-25-16(2)8-9-17-10-12-18(23)13-11-17/h5-7,10-13H,14,23H2,1-4H3,(H,24,27)/b25-16+,26-21+. The SMILES string of the molecule is Bc1ccc(C#C/C(C)=N/OCc2c(C)cccc2/C(=N\OC)C(=O)NC)cc1. The fourth-order valence-corrected chi connectivity index (χ4v) is 2.55. The van der Waals surface area contributed by atoms with Crippen LogP contribution in [-0.4, -0.2) is 39.3 Å². The molecule has 0 aromatic heterocycles. The van der Waals surface area contributed by atoms with Crippen molar-refractivity contribution in [2.24, 2.45) is 10.3 Å². The lowest BCUT2D eigenvalue weighted by atomic mass is 9.95. The second kappa shape index (κ2) is 10.7. The number of hydrogen-bond donors (Lipinski definition) is 1. The van der Waals surface area contributed by atoms with Gasteiger partial charge in [0.15, 0.2) is 5.71 Å². The Morgan fingerprint density at radius 2 is 1.90 bits per heavy atom. The lowest BCUT2D eigenvalue weighted by Gasteiger charge is -2.12. The third-order valence-corrected chi connectivity index (χ3v) is 4.14. The van der Waals surface area contributed by atoms with E-state index in [4.69, 9.17) is 9.68 Å². The number of nitrogens with one attached hydrogen (secondary N) is 1. The summed E-state index contributed by atoms with van der Waals surface area (Å²) in [5.74, 6) is 5.68. The monoisotopic (exact) mass is 389 g/mol. The van der Waals surface area contributed by atoms with E-state index in [0.717, 1.165) is 16.7 Å². The molecule has 2 aromatic carbocycles. The third-order valence-electron chi connectivity index (χ3n) is 4.14. The summed E-state index contributed by atoms with van der Waals surface area (Å²) in [5, 5.41) is 10.5. The van der Waals surface area contributed by atoms with Crippen LogP contribution in [0.15, 0.2) is 52.8 Å². The molecule has 0 aliphatic carbocycles. The topological polar surface area (TPSA) is 72.3 Å². The van der Waals surface area contributed by atoms with Crippen molar-refractivity contribution in [2.45, 2.75) is 20.5 Å². The zero-order chi connectivity index (χ0) is 21.2. The second-order valence-corrected chi connectivity index (χ2v) is 6.37. The van der Waals surface area contributed by atoms with Gasteiger partial charge in [-0.15, -0.1) is 0 Å². The van der Waals surface area contributed by atoms with Crippen LogP contribution in [0.4, 0.5) is 0 Å². The van der Waals surface area contributed by atoms with E-state index >= 15 is 0 Å². The summed E-state index contributed by atoms with van der Waals surface area (Å²) in [7, 11) is 4.97. The maximum absolute atomic E-state index is 12.2. The molecule has 7 heteroatoms. The average Bonchev–Trinajstić information content (AvgIpc) is 2.72. The summed E-state index contributed by atoms with van der Waals surface area (Å²) in [6, 6.07) is 13.5. The number of carbonyl (C=O) groups is 1. The van der Waals surface area contributed by atoms with Crippen LogP contribution in [0.25, 0.3) is 0 Å². The van der Waals surface area contributed by atoms with Crippen LogP contribution >= 0.6 is 0 Å². The van der Waals surface area contributed by atoms with Crippen molar-refractivity contribution in [1.82, 2.24) is 5.32 Å². The Morgan fingerprint density at radius 3 is 2.55 bits per heavy atom. The van der Waals surface area contributed by atoms with Crippen LogP contribution in [0.2, 0.25) is 0 Å². The van der Waals surface area contributed by atoms with Gasteiger partial charge in [0.2, 0.25) is 0 Å². The largest absolute Gasteiger partial charge is 0.398 e. The molecule has 0 radical (unpaired) electrons. The van der Waals surface area contributed by atoms with Gasteiger partial charge < -0.3 is 15.0 Å². The quantitative estimate of drug-likeness (QED) is 0.350. The van der Waals surface area contributed by atoms with Gasteiger partial charge in [-0.05, 0) is 37.5 Å². The van der Waals surface area contributed by atoms with Crippen LogP contribution in [0.3, 0.4) is 0 Å². The van der Waals surface area contributed by atoms with E-state index in [1.54, 1.807) is 20.0 Å². The lowest BCUT2D eigenvalue weighted by molar-refractivity contribution is -0.114. The van der Waals surface area contributed by atoms with E-state index in [-0.39, 0.29) is 18.2 Å². The van der Waals surface area contributed by atoms with Gasteiger partial charge in [-0.25, -0.2) is 0 Å². The van der Waals surface area contributed by atoms with E-state index < -0.39 is 0 Å². The molecule has 0 atom stereocenters. The van der Waals surface area contributed by atoms with E-state index in [2.05, 4.69) is 27.5 Å². The van der Waals surface area contributed by atoms with E-state index in [0.29, 0.717) is 11.3 Å². The smallest absolute Gasteiger partial charge is 0.273 e. The van der Waals surface area contributed by atoms with Gasteiger partial charge in [-0.2, -0.15) is 0 Å². The van der Waals surface area contributed by atoms with Gasteiger partial charge in [-0.3, -0.25) is 4.79 Å². The van der Waals surface area contributed by atoms with Crippen molar-refractivity contribution < 1.29 is 14.5 Å². The van der Waals surface area contributed by atoms with Gasteiger partial charge in [0.25, 0.3) is 5.91 Å². The highest BCUT2D eigenvalue weighted by atomic mass is 16.6. The molecule has 0 fully saturated rings. The van der Waals surface area contributed by atoms with Gasteiger partial charge in [0, 0.05) is 23.7 Å². The number of oxime groups is 2. The van der Waals surface area contributed by atoms with Crippen molar-refractivity contribution in [2.75, 3.05) is 14.2 Å². The molecule has 0 spiro atoms. The zero-order valence-corrected chi connectivity index (χ0v) is 17.4. The number of hydrogen-bond acceptors (Lipinski definition) is 5. The molecule has 0 aliphatic heterocycles. The molecular formula is C22H24BN3O3. The van der Waals surface area contributed by atoms with E-state index in [9.17, 15) is 4.79 Å². The number of rotatable bonds is 6. The summed E-state index contributed by atoms with van der Waals surface area (Å²) in [6.45, 7) is 3.89. The van der Waals surface area contributed by atoms with Crippen LogP contribution in [0.5, 0.6) is 0 Å². The van der Waals surface area contributed by atoms with Crippen molar-refractivity contribution in [3.63, 3.8) is 0 Å². The Morgan fingerprint density at radius 1 is 1.17 bits per heavy atom. The molecule has 0 aliphatic rings. The minimum Gasteiger partial charge on any atom is -0.398 e. The number of aryl methyl sites for hydroxylation is 1. The molecule has 6 nitrogen and oxygen atoms in total. The first-order valence-corrected chi connectivity index (χ1v) is 9.13. The molecule has 2 aromatic rings. The van der Waals surface area contributed by atoms with Gasteiger partial charge in [0.05, 0.1) is 0 Å². The predicted molar refractivity (Wildman–Crippen MR) is 118 cm³/mol. The van der Waals surface area contributed by atoms with Crippen molar-refractivity contribution in [3.8, 4) is 11.8 Å². The molecular weight excluding hydrogens is 365 g/mol. The fourth-order valence-electron chi connectivity index (χ4n) is 2.55. The summed E-state index contributed by atoms with van der Waals surface area (Å²) in [5.41, 5.74) is 5.22. The number of benzene rings is 2. The molecule has 29 heavy (non-hydrogen) atoms. The van der Waals surface area contributed by atoms with Crippen LogP contribution in [0, 0.1) is 18.8 Å². The van der Waals surface area contributed by atoms with E-state index in [1.807, 2.05) is 51.2 Å². The first kappa shape index (κ1) is 21.8. The Bertz CT molecular complexity index is 987. The predicted octanol–water partition coefficient (Wildman–Crippen LogP) is 1.29. The zero-order valence-electron chi connectivity index (χ0n) is 17.4. The second-order valence-electron chi connectivity index (χ2n) is 6.37. The first-order valence-electron chi connectivity index (χ1n) is 9.13. The van der Waals surface area contributed by atoms with Gasteiger partial charge in [-0.1, -0.05) is 52.0 Å². The van der Waals surface area contributed by atoms with Crippen molar-refractivity contribution in [1.29, 1.82) is 0 Å². The molecule has 1 N–H and O–H groups in total. The maximum Gasteiger partial charge on any atom is 0.273 e. The third kappa shape index (κ3) is 6.25. The lowest BCUT2D eigenvalue weighted by Crippen LogP contribution is -2.29. The highest BCUT2D eigenvalue weighted by molar-refractivity contribution is 6.45. The summed E-state index contributed by atoms with van der Waals surface area (Å²) in [6.07, 6.45) is 0. The minimum absolute atomic E-state index is 0.172. The Kier molecular flexibility index (Phi) is 8.05. The normalized spacial score (nSPS) is 11.3. The fraction of sp³-hybridized carbons (Fsp3) is 0.227. The summed E-state index contributed by atoms with van der Waals surface area (Å²) in [4.78, 5) is 22.5. The van der Waals surface area contributed by atoms with Crippen LogP contribution in [-0.2, 0) is 21.1 Å². The van der Waals surface area contributed by atoms with Crippen molar-refractivity contribution in [3.05, 3.63) is 64.7 Å². The molecule has 2 rings (SSSR count). The van der Waals surface area contributed by atoms with Crippen LogP contribution < -0.4 is 10.8 Å². The molecule has 0 bridgehead atoms. The van der Waals surface area contributed by atoms with E-state index in [1.165, 1.54) is 12.6 Å². The molecule has 0 heterocycles. The van der Waals surface area contributed by atoms with Gasteiger partial charge in [0.1, 0.15) is 27.3 Å². The molecule has 0 saturated heterocycles. The molecule has 0 unspecified atom stereocenters. The Labute approximate surface area is 172 Å². The van der Waals surface area contributed by atoms with Crippen molar-refractivity contribution >= 4 is 30.6 Å². The Balaban J connectivity index is 2.18. The molecule has 0 saturated carbocycles. The summed E-state index contributed by atoms with van der Waals surface area (Å²) < 4.78 is 0. The van der Waals surface area contributed by atoms with Crippen LogP contribution in [0.1, 0.15) is 29.2 Å². The number of nitrogens with zero attached hydrogens (tertiary/aromatic N) is 2. The molecule has 1 amide bonds.